The van der Waals surface area contributed by atoms with Crippen LogP contribution in [0.4, 0.5) is 5.69 Å². The monoisotopic (exact) mass is 314 g/mol. The molecule has 4 rings (SSSR count). The predicted octanol–water partition coefficient (Wildman–Crippen LogP) is 4.26. The van der Waals surface area contributed by atoms with Crippen LogP contribution in [0.15, 0.2) is 73.3 Å². The smallest absolute Gasteiger partial charge is 0.137 e. The van der Waals surface area contributed by atoms with E-state index in [-0.39, 0.29) is 0 Å². The van der Waals surface area contributed by atoms with E-state index in [4.69, 9.17) is 0 Å². The fourth-order valence-electron chi connectivity index (χ4n) is 2.97. The Kier molecular flexibility index (Phi) is 3.71. The summed E-state index contributed by atoms with van der Waals surface area (Å²) in [6.07, 6.45) is 7.42. The van der Waals surface area contributed by atoms with Crippen molar-refractivity contribution in [3.05, 3.63) is 78.9 Å². The number of anilines is 1. The number of hydrogen-bond donors (Lipinski definition) is 1. The molecule has 118 valence electrons. The van der Waals surface area contributed by atoms with Crippen LogP contribution in [0.5, 0.6) is 0 Å². The van der Waals surface area contributed by atoms with Crippen LogP contribution in [0.2, 0.25) is 0 Å². The van der Waals surface area contributed by atoms with E-state index in [2.05, 4.69) is 63.3 Å². The highest BCUT2D eigenvalue weighted by atomic mass is 15.1. The third kappa shape index (κ3) is 2.74. The van der Waals surface area contributed by atoms with E-state index in [0.717, 1.165) is 23.3 Å². The Hall–Kier alpha value is -3.14. The number of aromatic amines is 1. The van der Waals surface area contributed by atoms with Crippen molar-refractivity contribution in [3.63, 3.8) is 0 Å². The maximum Gasteiger partial charge on any atom is 0.137 e. The highest BCUT2D eigenvalue weighted by Gasteiger charge is 2.06. The second-order valence-electron chi connectivity index (χ2n) is 5.86. The molecule has 4 nitrogen and oxygen atoms in total. The number of hydrogen-bond acceptors (Lipinski definition) is 3. The molecule has 0 radical (unpaired) electrons. The summed E-state index contributed by atoms with van der Waals surface area (Å²) in [4.78, 5) is 13.8. The van der Waals surface area contributed by atoms with Crippen LogP contribution in [0.1, 0.15) is 5.56 Å². The van der Waals surface area contributed by atoms with Crippen molar-refractivity contribution in [1.29, 1.82) is 0 Å². The molecule has 4 heteroatoms. The standard InChI is InChI=1S/C20H18N4/c1-24(17-6-10-21-11-7-17)14-15-2-4-16(5-3-15)18-8-12-22-20-19(18)9-13-23-20/h2-13H,14H2,1H3,(H,22,23). The second-order valence-corrected chi connectivity index (χ2v) is 5.86. The minimum Gasteiger partial charge on any atom is -0.370 e. The van der Waals surface area contributed by atoms with Gasteiger partial charge in [-0.15, -0.1) is 0 Å². The summed E-state index contributed by atoms with van der Waals surface area (Å²) < 4.78 is 0. The average molecular weight is 314 g/mol. The number of nitrogens with zero attached hydrogens (tertiary/aromatic N) is 3. The van der Waals surface area contributed by atoms with Crippen LogP contribution >= 0.6 is 0 Å². The van der Waals surface area contributed by atoms with E-state index in [1.165, 1.54) is 16.7 Å². The van der Waals surface area contributed by atoms with Gasteiger partial charge >= 0.3 is 0 Å². The van der Waals surface area contributed by atoms with E-state index >= 15 is 0 Å². The van der Waals surface area contributed by atoms with Gasteiger partial charge in [-0.3, -0.25) is 4.98 Å². The second kappa shape index (κ2) is 6.16. The number of nitrogens with one attached hydrogen (secondary N) is 1. The highest BCUT2D eigenvalue weighted by Crippen LogP contribution is 2.27. The number of pyridine rings is 2. The quantitative estimate of drug-likeness (QED) is 0.612. The topological polar surface area (TPSA) is 44.8 Å². The zero-order valence-electron chi connectivity index (χ0n) is 13.5. The molecule has 0 aliphatic heterocycles. The van der Waals surface area contributed by atoms with Crippen molar-refractivity contribution in [2.24, 2.45) is 0 Å². The fraction of sp³-hybridized carbons (Fsp3) is 0.100. The van der Waals surface area contributed by atoms with Gasteiger partial charge in [-0.05, 0) is 41.0 Å². The first-order valence-electron chi connectivity index (χ1n) is 7.94. The first kappa shape index (κ1) is 14.5. The number of benzene rings is 1. The van der Waals surface area contributed by atoms with Crippen LogP contribution in [-0.2, 0) is 6.54 Å². The Balaban J connectivity index is 1.58. The van der Waals surface area contributed by atoms with Crippen molar-refractivity contribution >= 4 is 16.7 Å². The van der Waals surface area contributed by atoms with E-state index in [9.17, 15) is 0 Å². The molecule has 1 N–H and O–H groups in total. The molecule has 24 heavy (non-hydrogen) atoms. The fourth-order valence-corrected chi connectivity index (χ4v) is 2.97. The molecule has 0 saturated carbocycles. The third-order valence-corrected chi connectivity index (χ3v) is 4.25. The van der Waals surface area contributed by atoms with Gasteiger partial charge in [0, 0.05) is 49.5 Å². The van der Waals surface area contributed by atoms with Crippen molar-refractivity contribution in [3.8, 4) is 11.1 Å². The molecular formula is C20H18N4. The van der Waals surface area contributed by atoms with Crippen molar-refractivity contribution in [2.45, 2.75) is 6.54 Å². The first-order valence-corrected chi connectivity index (χ1v) is 7.94. The molecule has 0 unspecified atom stereocenters. The van der Waals surface area contributed by atoms with Crippen LogP contribution in [0.3, 0.4) is 0 Å². The summed E-state index contributed by atoms with van der Waals surface area (Å²) in [7, 11) is 2.09. The molecule has 0 saturated heterocycles. The minimum absolute atomic E-state index is 0.861. The van der Waals surface area contributed by atoms with Gasteiger partial charge in [-0.25, -0.2) is 4.98 Å². The predicted molar refractivity (Wildman–Crippen MR) is 97.9 cm³/mol. The zero-order chi connectivity index (χ0) is 16.4. The van der Waals surface area contributed by atoms with Gasteiger partial charge in [-0.1, -0.05) is 24.3 Å². The van der Waals surface area contributed by atoms with Gasteiger partial charge in [-0.2, -0.15) is 0 Å². The van der Waals surface area contributed by atoms with Crippen molar-refractivity contribution in [2.75, 3.05) is 11.9 Å². The molecular weight excluding hydrogens is 296 g/mol. The van der Waals surface area contributed by atoms with E-state index in [0.29, 0.717) is 0 Å². The molecule has 0 bridgehead atoms. The maximum atomic E-state index is 4.35. The lowest BCUT2D eigenvalue weighted by Gasteiger charge is -2.19. The summed E-state index contributed by atoms with van der Waals surface area (Å²) in [5.41, 5.74) is 5.77. The first-order chi connectivity index (χ1) is 11.8. The maximum absolute atomic E-state index is 4.35. The van der Waals surface area contributed by atoms with E-state index < -0.39 is 0 Å². The molecule has 0 amide bonds. The Morgan fingerprint density at radius 3 is 2.50 bits per heavy atom. The van der Waals surface area contributed by atoms with Gasteiger partial charge in [0.15, 0.2) is 0 Å². The van der Waals surface area contributed by atoms with Gasteiger partial charge in [0.05, 0.1) is 0 Å². The van der Waals surface area contributed by atoms with Crippen LogP contribution in [-0.4, -0.2) is 22.0 Å². The number of fused-ring (bicyclic) bond motifs is 1. The van der Waals surface area contributed by atoms with Gasteiger partial charge < -0.3 is 9.88 Å². The summed E-state index contributed by atoms with van der Waals surface area (Å²) in [5, 5.41) is 1.15. The summed E-state index contributed by atoms with van der Waals surface area (Å²) in [6, 6.07) is 16.9. The van der Waals surface area contributed by atoms with Crippen LogP contribution in [0.25, 0.3) is 22.2 Å². The average Bonchev–Trinajstić information content (AvgIpc) is 3.12. The van der Waals surface area contributed by atoms with E-state index in [1.54, 1.807) is 0 Å². The molecule has 0 spiro atoms. The number of rotatable bonds is 4. The van der Waals surface area contributed by atoms with Gasteiger partial charge in [0.25, 0.3) is 0 Å². The Labute approximate surface area is 140 Å². The van der Waals surface area contributed by atoms with Crippen molar-refractivity contribution < 1.29 is 0 Å². The lowest BCUT2D eigenvalue weighted by Crippen LogP contribution is -2.16. The Morgan fingerprint density at radius 1 is 0.917 bits per heavy atom. The third-order valence-electron chi connectivity index (χ3n) is 4.25. The zero-order valence-corrected chi connectivity index (χ0v) is 13.5. The van der Waals surface area contributed by atoms with Crippen LogP contribution < -0.4 is 4.90 Å². The number of H-pyrrole nitrogens is 1. The minimum atomic E-state index is 0.861. The molecule has 0 fully saturated rings. The Bertz CT molecular complexity index is 942. The lowest BCUT2D eigenvalue weighted by molar-refractivity contribution is 0.921. The molecule has 0 atom stereocenters. The van der Waals surface area contributed by atoms with Gasteiger partial charge in [0.2, 0.25) is 0 Å². The SMILES string of the molecule is CN(Cc1ccc(-c2ccnc3[nH]ccc23)cc1)c1ccncc1. The Morgan fingerprint density at radius 2 is 1.71 bits per heavy atom. The lowest BCUT2D eigenvalue weighted by atomic mass is 10.0. The molecule has 3 heterocycles. The summed E-state index contributed by atoms with van der Waals surface area (Å²) >= 11 is 0. The van der Waals surface area contributed by atoms with Gasteiger partial charge in [0.1, 0.15) is 5.65 Å². The van der Waals surface area contributed by atoms with Crippen LogP contribution in [0, 0.1) is 0 Å². The summed E-state index contributed by atoms with van der Waals surface area (Å²) in [6.45, 7) is 0.861. The normalized spacial score (nSPS) is 10.9. The summed E-state index contributed by atoms with van der Waals surface area (Å²) in [5.74, 6) is 0. The molecule has 3 aromatic heterocycles. The molecule has 0 aliphatic rings. The highest BCUT2D eigenvalue weighted by molar-refractivity contribution is 5.92. The molecule has 0 aliphatic carbocycles. The largest absolute Gasteiger partial charge is 0.370 e. The van der Waals surface area contributed by atoms with Crippen molar-refractivity contribution in [1.82, 2.24) is 15.0 Å². The molecule has 1 aromatic carbocycles. The number of aromatic nitrogens is 3. The van der Waals surface area contributed by atoms with E-state index in [1.807, 2.05) is 36.9 Å². The molecule has 4 aromatic rings.